The van der Waals surface area contributed by atoms with Crippen molar-refractivity contribution < 1.29 is 9.15 Å². The fourth-order valence-electron chi connectivity index (χ4n) is 2.42. The molecule has 2 heterocycles. The van der Waals surface area contributed by atoms with E-state index in [0.29, 0.717) is 0 Å². The fraction of sp³-hybridized carbons (Fsp3) is 0.412. The zero-order chi connectivity index (χ0) is 15.5. The minimum absolute atomic E-state index is 0.267. The topological polar surface area (TPSA) is 60.2 Å². The molecule has 0 atom stereocenters. The van der Waals surface area contributed by atoms with Crippen molar-refractivity contribution in [2.24, 2.45) is 0 Å². The van der Waals surface area contributed by atoms with Gasteiger partial charge in [0.2, 0.25) is 0 Å². The number of hydrogen-bond acceptors (Lipinski definition) is 5. The molecule has 3 aromatic rings. The second-order valence-electron chi connectivity index (χ2n) is 5.60. The van der Waals surface area contributed by atoms with Gasteiger partial charge in [0, 0.05) is 18.5 Å². The van der Waals surface area contributed by atoms with Gasteiger partial charge >= 0.3 is 0 Å². The van der Waals surface area contributed by atoms with Crippen LogP contribution in [0.3, 0.4) is 0 Å². The number of nitrogens with zero attached hydrogens (tertiary/aromatic N) is 2. The molecular formula is C17H21N3O2. The molecular weight excluding hydrogens is 278 g/mol. The van der Waals surface area contributed by atoms with E-state index in [0.717, 1.165) is 53.3 Å². The van der Waals surface area contributed by atoms with Gasteiger partial charge in [0.15, 0.2) is 11.4 Å². The zero-order valence-corrected chi connectivity index (χ0v) is 13.2. The van der Waals surface area contributed by atoms with Crippen LogP contribution in [0.5, 0.6) is 0 Å². The number of hydrogen-bond donors (Lipinski definition) is 1. The van der Waals surface area contributed by atoms with E-state index in [9.17, 15) is 0 Å². The predicted octanol–water partition coefficient (Wildman–Crippen LogP) is 3.91. The number of ether oxygens (including phenoxy) is 1. The van der Waals surface area contributed by atoms with Gasteiger partial charge in [-0.05, 0) is 39.3 Å². The number of anilines is 1. The first-order valence-corrected chi connectivity index (χ1v) is 7.66. The first-order chi connectivity index (χ1) is 10.6. The van der Waals surface area contributed by atoms with Crippen molar-refractivity contribution >= 4 is 27.9 Å². The molecule has 0 unspecified atom stereocenters. The Morgan fingerprint density at radius 1 is 1.23 bits per heavy atom. The summed E-state index contributed by atoms with van der Waals surface area (Å²) >= 11 is 0. The minimum atomic E-state index is 0.267. The molecule has 1 aromatic carbocycles. The predicted molar refractivity (Wildman–Crippen MR) is 88.2 cm³/mol. The molecule has 2 aromatic heterocycles. The van der Waals surface area contributed by atoms with E-state index in [1.54, 1.807) is 0 Å². The van der Waals surface area contributed by atoms with Crippen LogP contribution in [0.1, 0.15) is 26.1 Å². The summed E-state index contributed by atoms with van der Waals surface area (Å²) in [4.78, 5) is 9.00. The van der Waals surface area contributed by atoms with Crippen molar-refractivity contribution in [1.29, 1.82) is 0 Å². The monoisotopic (exact) mass is 299 g/mol. The van der Waals surface area contributed by atoms with E-state index in [2.05, 4.69) is 15.3 Å². The van der Waals surface area contributed by atoms with Crippen LogP contribution in [-0.4, -0.2) is 29.2 Å². The van der Waals surface area contributed by atoms with Crippen molar-refractivity contribution in [2.75, 3.05) is 18.5 Å². The van der Waals surface area contributed by atoms with Gasteiger partial charge < -0.3 is 14.5 Å². The Labute approximate surface area is 129 Å². The molecule has 0 radical (unpaired) electrons. The molecule has 0 aliphatic carbocycles. The van der Waals surface area contributed by atoms with Crippen LogP contribution < -0.4 is 5.32 Å². The Morgan fingerprint density at radius 3 is 2.86 bits per heavy atom. The SMILES string of the molecule is Cc1nc(NCCCOC(C)C)c2oc3ccccc3c2n1. The van der Waals surface area contributed by atoms with Gasteiger partial charge in [-0.25, -0.2) is 9.97 Å². The molecule has 5 heteroatoms. The Bertz CT molecular complexity index is 780. The second-order valence-corrected chi connectivity index (χ2v) is 5.60. The highest BCUT2D eigenvalue weighted by Crippen LogP contribution is 2.30. The Kier molecular flexibility index (Phi) is 4.24. The standard InChI is InChI=1S/C17H21N3O2/c1-11(2)21-10-6-9-18-17-16-15(19-12(3)20-17)13-7-4-5-8-14(13)22-16/h4-5,7-8,11H,6,9-10H2,1-3H3,(H,18,19,20). The lowest BCUT2D eigenvalue weighted by atomic mass is 10.2. The Balaban J connectivity index is 1.83. The summed E-state index contributed by atoms with van der Waals surface area (Å²) in [5, 5.41) is 4.36. The third-order valence-corrected chi connectivity index (χ3v) is 3.40. The summed E-state index contributed by atoms with van der Waals surface area (Å²) in [6.45, 7) is 7.50. The maximum atomic E-state index is 5.92. The molecule has 22 heavy (non-hydrogen) atoms. The lowest BCUT2D eigenvalue weighted by Crippen LogP contribution is -2.10. The van der Waals surface area contributed by atoms with Gasteiger partial charge in [-0.2, -0.15) is 0 Å². The van der Waals surface area contributed by atoms with Gasteiger partial charge in [0.05, 0.1) is 6.10 Å². The molecule has 0 aliphatic rings. The third kappa shape index (κ3) is 3.04. The van der Waals surface area contributed by atoms with E-state index in [1.165, 1.54) is 0 Å². The quantitative estimate of drug-likeness (QED) is 0.699. The van der Waals surface area contributed by atoms with E-state index in [-0.39, 0.29) is 6.10 Å². The summed E-state index contributed by atoms with van der Waals surface area (Å²) in [6.07, 6.45) is 1.19. The number of benzene rings is 1. The highest BCUT2D eigenvalue weighted by atomic mass is 16.5. The summed E-state index contributed by atoms with van der Waals surface area (Å²) in [7, 11) is 0. The summed E-state index contributed by atoms with van der Waals surface area (Å²) in [5.74, 6) is 1.49. The van der Waals surface area contributed by atoms with Crippen LogP contribution in [0.2, 0.25) is 0 Å². The molecule has 0 fully saturated rings. The van der Waals surface area contributed by atoms with Crippen LogP contribution >= 0.6 is 0 Å². The number of para-hydroxylation sites is 1. The zero-order valence-electron chi connectivity index (χ0n) is 13.2. The Morgan fingerprint density at radius 2 is 2.05 bits per heavy atom. The highest BCUT2D eigenvalue weighted by Gasteiger charge is 2.13. The first kappa shape index (κ1) is 14.8. The average Bonchev–Trinajstić information content (AvgIpc) is 2.85. The molecule has 3 rings (SSSR count). The summed E-state index contributed by atoms with van der Waals surface area (Å²) in [6, 6.07) is 7.92. The molecule has 1 N–H and O–H groups in total. The molecule has 0 amide bonds. The van der Waals surface area contributed by atoms with Crippen molar-refractivity contribution in [2.45, 2.75) is 33.3 Å². The minimum Gasteiger partial charge on any atom is -0.450 e. The van der Waals surface area contributed by atoms with Crippen molar-refractivity contribution in [1.82, 2.24) is 9.97 Å². The smallest absolute Gasteiger partial charge is 0.196 e. The normalized spacial score (nSPS) is 11.6. The second kappa shape index (κ2) is 6.32. The van der Waals surface area contributed by atoms with Gasteiger partial charge in [0.25, 0.3) is 0 Å². The van der Waals surface area contributed by atoms with Crippen molar-refractivity contribution in [3.8, 4) is 0 Å². The van der Waals surface area contributed by atoms with E-state index in [1.807, 2.05) is 45.0 Å². The lowest BCUT2D eigenvalue weighted by molar-refractivity contribution is 0.0787. The van der Waals surface area contributed by atoms with Crippen LogP contribution in [0.4, 0.5) is 5.82 Å². The summed E-state index contributed by atoms with van der Waals surface area (Å²) < 4.78 is 11.5. The molecule has 0 saturated heterocycles. The highest BCUT2D eigenvalue weighted by molar-refractivity contribution is 6.05. The van der Waals surface area contributed by atoms with Gasteiger partial charge in [-0.1, -0.05) is 12.1 Å². The molecule has 0 spiro atoms. The summed E-state index contributed by atoms with van der Waals surface area (Å²) in [5.41, 5.74) is 2.42. The number of furan rings is 1. The number of fused-ring (bicyclic) bond motifs is 3. The largest absolute Gasteiger partial charge is 0.450 e. The van der Waals surface area contributed by atoms with Crippen LogP contribution in [-0.2, 0) is 4.74 Å². The molecule has 0 bridgehead atoms. The molecule has 5 nitrogen and oxygen atoms in total. The van der Waals surface area contributed by atoms with E-state index >= 15 is 0 Å². The Hall–Kier alpha value is -2.14. The van der Waals surface area contributed by atoms with Gasteiger partial charge in [-0.3, -0.25) is 0 Å². The maximum absolute atomic E-state index is 5.92. The van der Waals surface area contributed by atoms with Crippen LogP contribution in [0, 0.1) is 6.92 Å². The first-order valence-electron chi connectivity index (χ1n) is 7.66. The maximum Gasteiger partial charge on any atom is 0.196 e. The van der Waals surface area contributed by atoms with Crippen LogP contribution in [0.25, 0.3) is 22.1 Å². The number of aromatic nitrogens is 2. The molecule has 116 valence electrons. The average molecular weight is 299 g/mol. The third-order valence-electron chi connectivity index (χ3n) is 3.40. The van der Waals surface area contributed by atoms with Crippen LogP contribution in [0.15, 0.2) is 28.7 Å². The van der Waals surface area contributed by atoms with Crippen molar-refractivity contribution in [3.63, 3.8) is 0 Å². The van der Waals surface area contributed by atoms with E-state index < -0.39 is 0 Å². The van der Waals surface area contributed by atoms with Crippen molar-refractivity contribution in [3.05, 3.63) is 30.1 Å². The van der Waals surface area contributed by atoms with Gasteiger partial charge in [0.1, 0.15) is 16.9 Å². The number of rotatable bonds is 6. The fourth-order valence-corrected chi connectivity index (χ4v) is 2.42. The lowest BCUT2D eigenvalue weighted by Gasteiger charge is -2.09. The molecule has 0 aliphatic heterocycles. The van der Waals surface area contributed by atoms with Gasteiger partial charge in [-0.15, -0.1) is 0 Å². The number of aryl methyl sites for hydroxylation is 1. The molecule has 0 saturated carbocycles. The van der Waals surface area contributed by atoms with E-state index in [4.69, 9.17) is 9.15 Å². The number of nitrogens with one attached hydrogen (secondary N) is 1.